The molecule has 2 saturated heterocycles. The fourth-order valence-corrected chi connectivity index (χ4v) is 7.37. The predicted molar refractivity (Wildman–Crippen MR) is 193 cm³/mol. The van der Waals surface area contributed by atoms with Gasteiger partial charge in [-0.2, -0.15) is 0 Å². The average molecular weight is 734 g/mol. The number of piperidine rings is 1. The summed E-state index contributed by atoms with van der Waals surface area (Å²) in [5.41, 5.74) is 3.07. The monoisotopic (exact) mass is 733 g/mol. The van der Waals surface area contributed by atoms with Crippen molar-refractivity contribution in [1.29, 1.82) is 0 Å². The maximum Gasteiger partial charge on any atom is 0.410 e. The first-order valence-corrected chi connectivity index (χ1v) is 18.4. The maximum absolute atomic E-state index is 14.0. The minimum Gasteiger partial charge on any atom is -0.444 e. The zero-order chi connectivity index (χ0) is 37.0. The highest BCUT2D eigenvalue weighted by Gasteiger charge is 2.44. The number of hydrogen-bond acceptors (Lipinski definition) is 9. The molecule has 2 aromatic rings. The SMILES string of the molecule is Cc1ncsc1-c1ccc([C@H](C)NC(=O)[C@@H]2C[C@@H](O)CN2C(=O)C(NC(=O)COCC2CCN(C(=O)OC(C)(C)C)CC2)C(C)(C)C)cc1Cl. The van der Waals surface area contributed by atoms with Gasteiger partial charge >= 0.3 is 6.09 Å². The summed E-state index contributed by atoms with van der Waals surface area (Å²) < 4.78 is 11.2. The number of aryl methyl sites for hydroxylation is 1. The quantitative estimate of drug-likeness (QED) is 0.305. The number of hydrogen-bond donors (Lipinski definition) is 3. The van der Waals surface area contributed by atoms with Gasteiger partial charge in [-0.1, -0.05) is 44.5 Å². The van der Waals surface area contributed by atoms with Crippen molar-refractivity contribution >= 4 is 46.8 Å². The number of β-amino-alcohol motifs (C(OH)–C–C–N with tert-alkyl or cyclic N) is 1. The lowest BCUT2D eigenvalue weighted by atomic mass is 9.85. The Morgan fingerprint density at radius 3 is 2.36 bits per heavy atom. The lowest BCUT2D eigenvalue weighted by Gasteiger charge is -2.35. The number of halogens is 1. The van der Waals surface area contributed by atoms with E-state index in [1.807, 2.05) is 73.6 Å². The highest BCUT2D eigenvalue weighted by atomic mass is 35.5. The molecule has 1 unspecified atom stereocenters. The molecule has 0 radical (unpaired) electrons. The standard InChI is InChI=1S/C36H52ClN5O7S/c1-21(24-9-10-26(27(37)15-24)30-22(2)38-20-50-30)39-32(45)28-16-25(43)17-42(28)33(46)31(35(3,4)5)40-29(44)19-48-18-23-11-13-41(14-12-23)34(47)49-36(6,7)8/h9-10,15,20-21,23,25,28,31,43H,11-14,16-19H2,1-8H3,(H,39,45)(H,40,44)/t21-,25+,28-,31?/m0/s1. The summed E-state index contributed by atoms with van der Waals surface area (Å²) >= 11 is 8.13. The molecular weight excluding hydrogens is 682 g/mol. The minimum absolute atomic E-state index is 0.0268. The minimum atomic E-state index is -0.963. The number of nitrogens with zero attached hydrogens (tertiary/aromatic N) is 3. The van der Waals surface area contributed by atoms with E-state index >= 15 is 0 Å². The molecule has 0 bridgehead atoms. The number of rotatable bonds is 10. The number of aromatic nitrogens is 1. The highest BCUT2D eigenvalue weighted by Crippen LogP contribution is 2.35. The van der Waals surface area contributed by atoms with Crippen LogP contribution in [0.5, 0.6) is 0 Å². The largest absolute Gasteiger partial charge is 0.444 e. The Morgan fingerprint density at radius 1 is 1.10 bits per heavy atom. The summed E-state index contributed by atoms with van der Waals surface area (Å²) in [4.78, 5) is 61.3. The maximum atomic E-state index is 14.0. The summed E-state index contributed by atoms with van der Waals surface area (Å²) in [5.74, 6) is -1.11. The van der Waals surface area contributed by atoms with Crippen molar-refractivity contribution < 1.29 is 33.8 Å². The van der Waals surface area contributed by atoms with Crippen LogP contribution in [0.3, 0.4) is 0 Å². The first kappa shape index (κ1) is 39.5. The van der Waals surface area contributed by atoms with E-state index in [4.69, 9.17) is 21.1 Å². The van der Waals surface area contributed by atoms with Gasteiger partial charge in [0.1, 0.15) is 24.3 Å². The molecule has 3 N–H and O–H groups in total. The van der Waals surface area contributed by atoms with Crippen molar-refractivity contribution in [3.05, 3.63) is 40.0 Å². The molecule has 12 nitrogen and oxygen atoms in total. The summed E-state index contributed by atoms with van der Waals surface area (Å²) in [6.07, 6.45) is 0.326. The van der Waals surface area contributed by atoms with Crippen molar-refractivity contribution in [1.82, 2.24) is 25.4 Å². The molecule has 2 aliphatic rings. The van der Waals surface area contributed by atoms with Gasteiger partial charge in [-0.25, -0.2) is 9.78 Å². The molecule has 0 aliphatic carbocycles. The molecule has 0 spiro atoms. The summed E-state index contributed by atoms with van der Waals surface area (Å²) in [5, 5.41) is 16.9. The number of likely N-dealkylation sites (tertiary alicyclic amines) is 2. The van der Waals surface area contributed by atoms with Crippen LogP contribution in [0.1, 0.15) is 85.0 Å². The number of aliphatic hydroxyl groups excluding tert-OH is 1. The number of ether oxygens (including phenoxy) is 2. The molecule has 4 rings (SSSR count). The molecule has 1 aromatic heterocycles. The van der Waals surface area contributed by atoms with Crippen molar-refractivity contribution in [2.45, 2.75) is 104 Å². The third-order valence-corrected chi connectivity index (χ3v) is 10.3. The molecule has 0 saturated carbocycles. The van der Waals surface area contributed by atoms with Gasteiger partial charge in [0.2, 0.25) is 17.7 Å². The number of nitrogens with one attached hydrogen (secondary N) is 2. The van der Waals surface area contributed by atoms with Crippen molar-refractivity contribution in [3.8, 4) is 10.4 Å². The van der Waals surface area contributed by atoms with Crippen LogP contribution in [0, 0.1) is 18.3 Å². The van der Waals surface area contributed by atoms with Gasteiger partial charge in [-0.15, -0.1) is 11.3 Å². The van der Waals surface area contributed by atoms with Crippen LogP contribution >= 0.6 is 22.9 Å². The first-order chi connectivity index (χ1) is 23.3. The zero-order valence-electron chi connectivity index (χ0n) is 30.4. The van der Waals surface area contributed by atoms with E-state index in [2.05, 4.69) is 15.6 Å². The molecular formula is C36H52ClN5O7S. The Balaban J connectivity index is 1.32. The molecule has 3 heterocycles. The Kier molecular flexibility index (Phi) is 13.0. The lowest BCUT2D eigenvalue weighted by molar-refractivity contribution is -0.144. The summed E-state index contributed by atoms with van der Waals surface area (Å²) in [6, 6.07) is 3.32. The van der Waals surface area contributed by atoms with Gasteiger partial charge in [-0.3, -0.25) is 14.4 Å². The molecule has 276 valence electrons. The van der Waals surface area contributed by atoms with Crippen LogP contribution < -0.4 is 10.6 Å². The van der Waals surface area contributed by atoms with Crippen LogP contribution in [0.2, 0.25) is 5.02 Å². The summed E-state index contributed by atoms with van der Waals surface area (Å²) in [6.45, 7) is 16.0. The second-order valence-electron chi connectivity index (χ2n) is 15.4. The zero-order valence-corrected chi connectivity index (χ0v) is 31.9. The fourth-order valence-electron chi connectivity index (χ4n) is 6.19. The number of carbonyl (C=O) groups excluding carboxylic acids is 4. The molecule has 14 heteroatoms. The van der Waals surface area contributed by atoms with E-state index < -0.39 is 53.0 Å². The van der Waals surface area contributed by atoms with Gasteiger partial charge in [0, 0.05) is 36.6 Å². The average Bonchev–Trinajstić information content (AvgIpc) is 3.63. The van der Waals surface area contributed by atoms with E-state index in [-0.39, 0.29) is 31.6 Å². The Bertz CT molecular complexity index is 1530. The van der Waals surface area contributed by atoms with Gasteiger partial charge in [0.05, 0.1) is 34.8 Å². The van der Waals surface area contributed by atoms with E-state index in [1.165, 1.54) is 16.2 Å². The molecule has 4 amide bonds. The molecule has 1 aromatic carbocycles. The van der Waals surface area contributed by atoms with Crippen molar-refractivity contribution in [2.24, 2.45) is 11.3 Å². The smallest absolute Gasteiger partial charge is 0.410 e. The Labute approximate surface area is 304 Å². The van der Waals surface area contributed by atoms with Crippen LogP contribution in [0.25, 0.3) is 10.4 Å². The second kappa shape index (κ2) is 16.4. The van der Waals surface area contributed by atoms with Gasteiger partial charge in [0.15, 0.2) is 0 Å². The van der Waals surface area contributed by atoms with E-state index in [9.17, 15) is 24.3 Å². The van der Waals surface area contributed by atoms with Crippen LogP contribution in [-0.4, -0.2) is 100 Å². The van der Waals surface area contributed by atoms with E-state index in [0.717, 1.165) is 34.5 Å². The van der Waals surface area contributed by atoms with Crippen LogP contribution in [-0.2, 0) is 23.9 Å². The lowest BCUT2D eigenvalue weighted by Crippen LogP contribution is -2.58. The van der Waals surface area contributed by atoms with Gasteiger partial charge in [0.25, 0.3) is 0 Å². The first-order valence-electron chi connectivity index (χ1n) is 17.2. The second-order valence-corrected chi connectivity index (χ2v) is 16.7. The molecule has 2 fully saturated rings. The third-order valence-electron chi connectivity index (χ3n) is 8.98. The molecule has 50 heavy (non-hydrogen) atoms. The fraction of sp³-hybridized carbons (Fsp3) is 0.639. The number of benzene rings is 1. The highest BCUT2D eigenvalue weighted by molar-refractivity contribution is 7.13. The topological polar surface area (TPSA) is 150 Å². The number of carbonyl (C=O) groups is 4. The van der Waals surface area contributed by atoms with Crippen molar-refractivity contribution in [2.75, 3.05) is 32.8 Å². The van der Waals surface area contributed by atoms with Crippen molar-refractivity contribution in [3.63, 3.8) is 0 Å². The normalized spacial score (nSPS) is 20.0. The van der Waals surface area contributed by atoms with Crippen LogP contribution in [0.15, 0.2) is 23.7 Å². The van der Waals surface area contributed by atoms with Gasteiger partial charge < -0.3 is 35.0 Å². The van der Waals surface area contributed by atoms with E-state index in [1.54, 1.807) is 10.4 Å². The Hall–Kier alpha value is -3.26. The Morgan fingerprint density at radius 2 is 1.78 bits per heavy atom. The predicted octanol–water partition coefficient (Wildman–Crippen LogP) is 5.11. The number of thiazole rings is 1. The number of amides is 4. The number of aliphatic hydroxyl groups is 1. The summed E-state index contributed by atoms with van der Waals surface area (Å²) in [7, 11) is 0. The van der Waals surface area contributed by atoms with E-state index in [0.29, 0.717) is 24.7 Å². The molecule has 4 atom stereocenters. The molecule has 2 aliphatic heterocycles. The van der Waals surface area contributed by atoms with Gasteiger partial charge in [-0.05, 0) is 70.4 Å². The third kappa shape index (κ3) is 10.4. The van der Waals surface area contributed by atoms with Crippen LogP contribution in [0.4, 0.5) is 4.79 Å².